The summed E-state index contributed by atoms with van der Waals surface area (Å²) < 4.78 is 7.59. The van der Waals surface area contributed by atoms with Crippen molar-refractivity contribution in [3.05, 3.63) is 98.6 Å². The highest BCUT2D eigenvalue weighted by Gasteiger charge is 2.20. The van der Waals surface area contributed by atoms with E-state index in [2.05, 4.69) is 42.2 Å². The molecule has 0 saturated heterocycles. The van der Waals surface area contributed by atoms with Gasteiger partial charge in [-0.15, -0.1) is 0 Å². The molecule has 1 heterocycles. The number of carbonyl (C=O) groups is 1. The second-order valence-corrected chi connectivity index (χ2v) is 9.21. The van der Waals surface area contributed by atoms with Gasteiger partial charge in [-0.05, 0) is 66.7 Å². The Morgan fingerprint density at radius 2 is 1.69 bits per heavy atom. The van der Waals surface area contributed by atoms with Gasteiger partial charge in [0.2, 0.25) is 0 Å². The first-order chi connectivity index (χ1) is 15.5. The first-order valence-corrected chi connectivity index (χ1v) is 11.8. The molecule has 7 heteroatoms. The van der Waals surface area contributed by atoms with Crippen LogP contribution < -0.4 is 10.1 Å². The topological polar surface area (TPSA) is 74.3 Å². The normalized spacial score (nSPS) is 12.1. The van der Waals surface area contributed by atoms with E-state index >= 15 is 0 Å². The van der Waals surface area contributed by atoms with E-state index in [9.17, 15) is 9.90 Å². The average Bonchev–Trinajstić information content (AvgIpc) is 3.19. The maximum absolute atomic E-state index is 11.9. The molecule has 0 saturated carbocycles. The molecule has 3 N–H and O–H groups in total. The summed E-state index contributed by atoms with van der Waals surface area (Å²) in [4.78, 5) is 15.1. The maximum Gasteiger partial charge on any atom is 0.321 e. The second kappa shape index (κ2) is 10.3. The fourth-order valence-electron chi connectivity index (χ4n) is 3.59. The Balaban J connectivity index is 1.42. The highest BCUT2D eigenvalue weighted by Crippen LogP contribution is 2.35. The number of carboxylic acid groups (broad SMARTS) is 1. The number of benzene rings is 3. The van der Waals surface area contributed by atoms with Crippen molar-refractivity contribution in [2.45, 2.75) is 25.6 Å². The number of rotatable bonds is 9. The lowest BCUT2D eigenvalue weighted by Crippen LogP contribution is -2.38. The van der Waals surface area contributed by atoms with Crippen LogP contribution in [0.4, 0.5) is 0 Å². The quantitative estimate of drug-likeness (QED) is 0.234. The molecule has 0 aliphatic carbocycles. The predicted molar refractivity (Wildman–Crippen MR) is 133 cm³/mol. The van der Waals surface area contributed by atoms with Crippen molar-refractivity contribution in [3.8, 4) is 5.75 Å². The van der Waals surface area contributed by atoms with Gasteiger partial charge < -0.3 is 20.1 Å². The number of aliphatic carboxylic acids is 1. The summed E-state index contributed by atoms with van der Waals surface area (Å²) in [5.74, 6) is -0.164. The van der Waals surface area contributed by atoms with Crippen LogP contribution in [0.25, 0.3) is 10.9 Å². The van der Waals surface area contributed by atoms with Crippen LogP contribution in [-0.4, -0.2) is 22.1 Å². The largest absolute Gasteiger partial charge is 0.487 e. The SMILES string of the molecule is O=C(O)C(Cc1c[nH]c2ccccc12)NCc1cc(Br)c(OCc2ccccc2)c(Br)c1. The third kappa shape index (κ3) is 5.41. The molecule has 0 radical (unpaired) electrons. The molecule has 0 amide bonds. The number of carboxylic acids is 1. The number of ether oxygens (including phenoxy) is 1. The Labute approximate surface area is 203 Å². The maximum atomic E-state index is 11.9. The van der Waals surface area contributed by atoms with Crippen LogP contribution in [0.1, 0.15) is 16.7 Å². The molecule has 4 rings (SSSR count). The van der Waals surface area contributed by atoms with Crippen molar-refractivity contribution >= 4 is 48.7 Å². The molecule has 1 atom stereocenters. The van der Waals surface area contributed by atoms with E-state index in [0.29, 0.717) is 25.3 Å². The van der Waals surface area contributed by atoms with Crippen LogP contribution in [0.15, 0.2) is 81.9 Å². The van der Waals surface area contributed by atoms with E-state index in [4.69, 9.17) is 4.74 Å². The van der Waals surface area contributed by atoms with Crippen LogP contribution in [0.5, 0.6) is 5.75 Å². The van der Waals surface area contributed by atoms with Crippen LogP contribution in [0.3, 0.4) is 0 Å². The minimum absolute atomic E-state index is 0.389. The zero-order chi connectivity index (χ0) is 22.5. The third-order valence-electron chi connectivity index (χ3n) is 5.23. The molecule has 164 valence electrons. The lowest BCUT2D eigenvalue weighted by atomic mass is 10.0. The number of fused-ring (bicyclic) bond motifs is 1. The molecule has 5 nitrogen and oxygen atoms in total. The van der Waals surface area contributed by atoms with Gasteiger partial charge in [-0.25, -0.2) is 0 Å². The molecule has 3 aromatic carbocycles. The van der Waals surface area contributed by atoms with Gasteiger partial charge in [0.05, 0.1) is 8.95 Å². The summed E-state index contributed by atoms with van der Waals surface area (Å²) >= 11 is 7.16. The van der Waals surface area contributed by atoms with Crippen LogP contribution in [-0.2, 0) is 24.4 Å². The number of nitrogens with one attached hydrogen (secondary N) is 2. The van der Waals surface area contributed by atoms with Crippen LogP contribution >= 0.6 is 31.9 Å². The van der Waals surface area contributed by atoms with E-state index in [-0.39, 0.29) is 0 Å². The average molecular weight is 558 g/mol. The zero-order valence-corrected chi connectivity index (χ0v) is 20.3. The summed E-state index contributed by atoms with van der Waals surface area (Å²) in [6.07, 6.45) is 2.27. The molecule has 0 aliphatic rings. The summed E-state index contributed by atoms with van der Waals surface area (Å²) in [6.45, 7) is 0.872. The van der Waals surface area contributed by atoms with E-state index in [1.807, 2.05) is 72.9 Å². The smallest absolute Gasteiger partial charge is 0.321 e. The Morgan fingerprint density at radius 3 is 2.41 bits per heavy atom. The summed E-state index contributed by atoms with van der Waals surface area (Å²) in [5.41, 5.74) is 4.01. The predicted octanol–water partition coefficient (Wildman–Crippen LogP) is 6.06. The van der Waals surface area contributed by atoms with Gasteiger partial charge in [0.15, 0.2) is 0 Å². The molecule has 4 aromatic rings. The van der Waals surface area contributed by atoms with E-state index in [1.165, 1.54) is 0 Å². The Bertz CT molecular complexity index is 1200. The third-order valence-corrected chi connectivity index (χ3v) is 6.41. The fourth-order valence-corrected chi connectivity index (χ4v) is 5.10. The van der Waals surface area contributed by atoms with Crippen molar-refractivity contribution in [1.82, 2.24) is 10.3 Å². The summed E-state index contributed by atoms with van der Waals surface area (Å²) in [7, 11) is 0. The van der Waals surface area contributed by atoms with Gasteiger partial charge in [0, 0.05) is 30.1 Å². The van der Waals surface area contributed by atoms with Gasteiger partial charge in [-0.3, -0.25) is 4.79 Å². The number of hydrogen-bond donors (Lipinski definition) is 3. The number of hydrogen-bond acceptors (Lipinski definition) is 3. The van der Waals surface area contributed by atoms with Gasteiger partial charge in [-0.2, -0.15) is 0 Å². The van der Waals surface area contributed by atoms with Crippen molar-refractivity contribution in [2.75, 3.05) is 0 Å². The molecular weight excluding hydrogens is 536 g/mol. The van der Waals surface area contributed by atoms with Crippen molar-refractivity contribution in [2.24, 2.45) is 0 Å². The number of para-hydroxylation sites is 1. The molecular formula is C25H22Br2N2O3. The fraction of sp³-hybridized carbons (Fsp3) is 0.160. The minimum Gasteiger partial charge on any atom is -0.487 e. The highest BCUT2D eigenvalue weighted by atomic mass is 79.9. The first kappa shape index (κ1) is 22.6. The number of H-pyrrole nitrogens is 1. The van der Waals surface area contributed by atoms with E-state index < -0.39 is 12.0 Å². The monoisotopic (exact) mass is 556 g/mol. The van der Waals surface area contributed by atoms with Crippen LogP contribution in [0.2, 0.25) is 0 Å². The molecule has 0 aliphatic heterocycles. The zero-order valence-electron chi connectivity index (χ0n) is 17.1. The lowest BCUT2D eigenvalue weighted by Gasteiger charge is -2.16. The van der Waals surface area contributed by atoms with Crippen molar-refractivity contribution < 1.29 is 14.6 Å². The highest BCUT2D eigenvalue weighted by molar-refractivity contribution is 9.11. The first-order valence-electron chi connectivity index (χ1n) is 10.2. The molecule has 0 fully saturated rings. The van der Waals surface area contributed by atoms with E-state index in [0.717, 1.165) is 36.5 Å². The summed E-state index contributed by atoms with van der Waals surface area (Å²) in [5, 5.41) is 14.0. The molecule has 1 unspecified atom stereocenters. The van der Waals surface area contributed by atoms with Gasteiger partial charge in [-0.1, -0.05) is 48.5 Å². The van der Waals surface area contributed by atoms with Crippen molar-refractivity contribution in [1.29, 1.82) is 0 Å². The van der Waals surface area contributed by atoms with Gasteiger partial charge in [0.25, 0.3) is 0 Å². The minimum atomic E-state index is -0.878. The Morgan fingerprint density at radius 1 is 1.00 bits per heavy atom. The molecule has 0 bridgehead atoms. The summed E-state index contributed by atoms with van der Waals surface area (Å²) in [6, 6.07) is 21.0. The number of aromatic amines is 1. The van der Waals surface area contributed by atoms with Gasteiger partial charge in [0.1, 0.15) is 18.4 Å². The van der Waals surface area contributed by atoms with Crippen LogP contribution in [0, 0.1) is 0 Å². The number of halogens is 2. The lowest BCUT2D eigenvalue weighted by molar-refractivity contribution is -0.139. The van der Waals surface area contributed by atoms with Gasteiger partial charge >= 0.3 is 5.97 Å². The molecule has 1 aromatic heterocycles. The standard InChI is InChI=1S/C25H22Br2N2O3/c26-20-10-17(11-21(27)24(20)32-15-16-6-2-1-3-7-16)13-28-23(25(30)31)12-18-14-29-22-9-5-4-8-19(18)22/h1-11,14,23,28-29H,12-13,15H2,(H,30,31). The molecule has 32 heavy (non-hydrogen) atoms. The second-order valence-electron chi connectivity index (χ2n) is 7.50. The number of aromatic nitrogens is 1. The van der Waals surface area contributed by atoms with E-state index in [1.54, 1.807) is 0 Å². The molecule has 0 spiro atoms. The Hall–Kier alpha value is -2.61. The Kier molecular flexibility index (Phi) is 7.29. The van der Waals surface area contributed by atoms with Crippen molar-refractivity contribution in [3.63, 3.8) is 0 Å².